The Labute approximate surface area is 144 Å². The lowest BCUT2D eigenvalue weighted by Gasteiger charge is -2.09. The normalized spacial score (nSPS) is 11.0. The summed E-state index contributed by atoms with van der Waals surface area (Å²) in [6, 6.07) is 13.4. The van der Waals surface area contributed by atoms with E-state index in [4.69, 9.17) is 0 Å². The van der Waals surface area contributed by atoms with Gasteiger partial charge in [0.1, 0.15) is 0 Å². The molecule has 0 saturated carbocycles. The van der Waals surface area contributed by atoms with Gasteiger partial charge in [0.05, 0.1) is 0 Å². The molecule has 0 bridgehead atoms. The van der Waals surface area contributed by atoms with Crippen molar-refractivity contribution in [2.24, 2.45) is 0 Å². The molecule has 0 heterocycles. The van der Waals surface area contributed by atoms with E-state index in [9.17, 15) is 0 Å². The zero-order chi connectivity index (χ0) is 16.7. The SMILES string of the molecule is Cc1cccc(CCCPCCCc2cccc(C)c2C)c1C. The van der Waals surface area contributed by atoms with Crippen LogP contribution < -0.4 is 0 Å². The van der Waals surface area contributed by atoms with Crippen molar-refractivity contribution >= 4 is 8.58 Å². The van der Waals surface area contributed by atoms with E-state index in [-0.39, 0.29) is 0 Å². The lowest BCUT2D eigenvalue weighted by molar-refractivity contribution is 0.898. The summed E-state index contributed by atoms with van der Waals surface area (Å²) in [5.41, 5.74) is 8.93. The summed E-state index contributed by atoms with van der Waals surface area (Å²) in [5.74, 6) is 0. The van der Waals surface area contributed by atoms with Gasteiger partial charge in [-0.3, -0.25) is 0 Å². The first-order valence-electron chi connectivity index (χ1n) is 8.90. The summed E-state index contributed by atoms with van der Waals surface area (Å²) in [4.78, 5) is 0. The van der Waals surface area contributed by atoms with Crippen LogP contribution in [0.25, 0.3) is 0 Å². The van der Waals surface area contributed by atoms with Crippen LogP contribution in [0.1, 0.15) is 46.2 Å². The summed E-state index contributed by atoms with van der Waals surface area (Å²) in [6.45, 7) is 8.95. The molecule has 0 amide bonds. The summed E-state index contributed by atoms with van der Waals surface area (Å²) >= 11 is 0. The van der Waals surface area contributed by atoms with Gasteiger partial charge in [-0.05, 0) is 99.1 Å². The average Bonchev–Trinajstić information content (AvgIpc) is 2.54. The highest BCUT2D eigenvalue weighted by atomic mass is 31.1. The molecule has 2 aromatic rings. The topological polar surface area (TPSA) is 0 Å². The molecule has 0 aliphatic rings. The van der Waals surface area contributed by atoms with Crippen LogP contribution in [0.15, 0.2) is 36.4 Å². The number of benzene rings is 2. The zero-order valence-electron chi connectivity index (χ0n) is 15.2. The van der Waals surface area contributed by atoms with Gasteiger partial charge in [0.2, 0.25) is 0 Å². The molecule has 0 atom stereocenters. The fraction of sp³-hybridized carbons (Fsp3) is 0.455. The highest BCUT2D eigenvalue weighted by Gasteiger charge is 2.02. The van der Waals surface area contributed by atoms with Crippen molar-refractivity contribution in [3.8, 4) is 0 Å². The summed E-state index contributed by atoms with van der Waals surface area (Å²) in [7, 11) is 1.12. The predicted molar refractivity (Wildman–Crippen MR) is 107 cm³/mol. The third kappa shape index (κ3) is 5.47. The molecule has 0 N–H and O–H groups in total. The van der Waals surface area contributed by atoms with E-state index >= 15 is 0 Å². The Morgan fingerprint density at radius 1 is 0.652 bits per heavy atom. The molecule has 0 aliphatic heterocycles. The standard InChI is InChI=1S/C22H31P/c1-17-9-5-11-21(19(17)3)13-7-15-23-16-8-14-22-12-6-10-18(2)20(22)4/h5-6,9-12,23H,7-8,13-16H2,1-4H3. The van der Waals surface area contributed by atoms with E-state index < -0.39 is 0 Å². The molecule has 2 rings (SSSR count). The fourth-order valence-electron chi connectivity index (χ4n) is 3.10. The summed E-state index contributed by atoms with van der Waals surface area (Å²) < 4.78 is 0. The van der Waals surface area contributed by atoms with Gasteiger partial charge >= 0.3 is 0 Å². The molecule has 0 saturated heterocycles. The van der Waals surface area contributed by atoms with Crippen molar-refractivity contribution < 1.29 is 0 Å². The van der Waals surface area contributed by atoms with Crippen molar-refractivity contribution in [3.63, 3.8) is 0 Å². The largest absolute Gasteiger partial charge is 0.122 e. The highest BCUT2D eigenvalue weighted by Crippen LogP contribution is 2.20. The Hall–Kier alpha value is -1.13. The Morgan fingerprint density at radius 2 is 1.09 bits per heavy atom. The molecule has 23 heavy (non-hydrogen) atoms. The first-order chi connectivity index (χ1) is 11.1. The quantitative estimate of drug-likeness (QED) is 0.402. The van der Waals surface area contributed by atoms with E-state index in [0.717, 1.165) is 8.58 Å². The molecule has 1 heteroatoms. The summed E-state index contributed by atoms with van der Waals surface area (Å²) in [5, 5.41) is 0. The van der Waals surface area contributed by atoms with Crippen molar-refractivity contribution in [3.05, 3.63) is 69.8 Å². The number of rotatable bonds is 8. The molecule has 0 nitrogen and oxygen atoms in total. The second-order valence-electron chi connectivity index (χ2n) is 6.68. The van der Waals surface area contributed by atoms with Gasteiger partial charge in [-0.1, -0.05) is 36.4 Å². The molecule has 0 unspecified atom stereocenters. The van der Waals surface area contributed by atoms with Crippen LogP contribution in [-0.2, 0) is 12.8 Å². The van der Waals surface area contributed by atoms with Crippen LogP contribution in [0, 0.1) is 27.7 Å². The minimum atomic E-state index is 1.12. The first kappa shape index (κ1) is 18.2. The zero-order valence-corrected chi connectivity index (χ0v) is 16.2. The molecule has 0 radical (unpaired) electrons. The van der Waals surface area contributed by atoms with E-state index in [1.165, 1.54) is 60.3 Å². The molecular formula is C22H31P. The molecule has 2 aromatic carbocycles. The van der Waals surface area contributed by atoms with E-state index in [1.54, 1.807) is 11.1 Å². The average molecular weight is 326 g/mol. The van der Waals surface area contributed by atoms with Gasteiger partial charge in [-0.25, -0.2) is 0 Å². The van der Waals surface area contributed by atoms with Gasteiger partial charge in [0.15, 0.2) is 0 Å². The number of aryl methyl sites for hydroxylation is 4. The van der Waals surface area contributed by atoms with Crippen molar-refractivity contribution in [2.75, 3.05) is 12.3 Å². The Balaban J connectivity index is 1.63. The third-order valence-corrected chi connectivity index (χ3v) is 6.45. The van der Waals surface area contributed by atoms with E-state index in [1.807, 2.05) is 0 Å². The van der Waals surface area contributed by atoms with Crippen molar-refractivity contribution in [1.29, 1.82) is 0 Å². The van der Waals surface area contributed by atoms with Gasteiger partial charge in [-0.2, -0.15) is 0 Å². The lowest BCUT2D eigenvalue weighted by atomic mass is 10.0. The maximum absolute atomic E-state index is 2.30. The molecule has 0 spiro atoms. The van der Waals surface area contributed by atoms with Gasteiger partial charge in [0.25, 0.3) is 0 Å². The minimum absolute atomic E-state index is 1.12. The molecule has 124 valence electrons. The minimum Gasteiger partial charge on any atom is -0.122 e. The molecule has 0 aliphatic carbocycles. The highest BCUT2D eigenvalue weighted by molar-refractivity contribution is 7.37. The van der Waals surface area contributed by atoms with Crippen LogP contribution in [0.2, 0.25) is 0 Å². The van der Waals surface area contributed by atoms with Gasteiger partial charge in [0, 0.05) is 0 Å². The first-order valence-corrected chi connectivity index (χ1v) is 10.3. The predicted octanol–water partition coefficient (Wildman–Crippen LogP) is 6.16. The van der Waals surface area contributed by atoms with Crippen LogP contribution in [0.5, 0.6) is 0 Å². The summed E-state index contributed by atoms with van der Waals surface area (Å²) in [6.07, 6.45) is 7.95. The Bertz CT molecular complexity index is 572. The fourth-order valence-corrected chi connectivity index (χ4v) is 4.20. The number of hydrogen-bond donors (Lipinski definition) is 0. The van der Waals surface area contributed by atoms with E-state index in [0.29, 0.717) is 0 Å². The van der Waals surface area contributed by atoms with Crippen LogP contribution in [-0.4, -0.2) is 12.3 Å². The second kappa shape index (κ2) is 9.24. The third-order valence-electron chi connectivity index (χ3n) is 5.03. The molecule has 0 aromatic heterocycles. The van der Waals surface area contributed by atoms with E-state index in [2.05, 4.69) is 64.1 Å². The molecular weight excluding hydrogens is 295 g/mol. The maximum Gasteiger partial charge on any atom is -0.0273 e. The maximum atomic E-state index is 2.30. The Morgan fingerprint density at radius 3 is 1.52 bits per heavy atom. The van der Waals surface area contributed by atoms with Crippen LogP contribution in [0.3, 0.4) is 0 Å². The monoisotopic (exact) mass is 326 g/mol. The van der Waals surface area contributed by atoms with Crippen LogP contribution >= 0.6 is 8.58 Å². The van der Waals surface area contributed by atoms with Crippen molar-refractivity contribution in [1.82, 2.24) is 0 Å². The van der Waals surface area contributed by atoms with Gasteiger partial charge in [-0.15, -0.1) is 8.58 Å². The van der Waals surface area contributed by atoms with Crippen molar-refractivity contribution in [2.45, 2.75) is 53.4 Å². The second-order valence-corrected chi connectivity index (χ2v) is 8.18. The lowest BCUT2D eigenvalue weighted by Crippen LogP contribution is -1.95. The van der Waals surface area contributed by atoms with Gasteiger partial charge < -0.3 is 0 Å². The number of hydrogen-bond acceptors (Lipinski definition) is 0. The smallest absolute Gasteiger partial charge is 0.0273 e. The molecule has 0 fully saturated rings. The van der Waals surface area contributed by atoms with Crippen LogP contribution in [0.4, 0.5) is 0 Å². The Kier molecular flexibility index (Phi) is 7.31.